The summed E-state index contributed by atoms with van der Waals surface area (Å²) in [5, 5.41) is 12.1. The van der Waals surface area contributed by atoms with Gasteiger partial charge in [-0.3, -0.25) is 9.59 Å². The van der Waals surface area contributed by atoms with Crippen molar-refractivity contribution in [2.45, 2.75) is 57.9 Å². The van der Waals surface area contributed by atoms with Crippen LogP contribution in [0.15, 0.2) is 0 Å². The molecule has 0 spiro atoms. The van der Waals surface area contributed by atoms with E-state index in [2.05, 4.69) is 12.2 Å². The maximum absolute atomic E-state index is 12.6. The van der Waals surface area contributed by atoms with Crippen molar-refractivity contribution in [3.8, 4) is 0 Å². The minimum Gasteiger partial charge on any atom is -0.481 e. The van der Waals surface area contributed by atoms with E-state index in [1.165, 1.54) is 6.42 Å². The Balaban J connectivity index is 1.76. The van der Waals surface area contributed by atoms with Gasteiger partial charge in [0.1, 0.15) is 0 Å². The second-order valence-corrected chi connectivity index (χ2v) is 6.51. The molecule has 0 aliphatic carbocycles. The zero-order valence-corrected chi connectivity index (χ0v) is 13.0. The number of nitrogens with one attached hydrogen (secondary N) is 1. The van der Waals surface area contributed by atoms with Gasteiger partial charge < -0.3 is 15.3 Å². The highest BCUT2D eigenvalue weighted by molar-refractivity contribution is 5.82. The highest BCUT2D eigenvalue weighted by Crippen LogP contribution is 2.25. The van der Waals surface area contributed by atoms with E-state index >= 15 is 0 Å². The topological polar surface area (TPSA) is 69.6 Å². The first kappa shape index (κ1) is 16.3. The molecule has 2 aliphatic rings. The average Bonchev–Trinajstić information content (AvgIpc) is 2.52. The Morgan fingerprint density at radius 1 is 1.19 bits per heavy atom. The first-order valence-corrected chi connectivity index (χ1v) is 8.34. The molecule has 0 radical (unpaired) electrons. The van der Waals surface area contributed by atoms with Crippen LogP contribution in [-0.4, -0.2) is 47.6 Å². The lowest BCUT2D eigenvalue weighted by Gasteiger charge is -2.37. The lowest BCUT2D eigenvalue weighted by molar-refractivity contribution is -0.138. The van der Waals surface area contributed by atoms with Crippen LogP contribution in [0, 0.1) is 11.8 Å². The number of amides is 1. The fourth-order valence-electron chi connectivity index (χ4n) is 3.55. The molecule has 2 atom stereocenters. The number of likely N-dealkylation sites (tertiary alicyclic amines) is 1. The molecule has 120 valence electrons. The number of hydrogen-bond acceptors (Lipinski definition) is 3. The molecule has 2 unspecified atom stereocenters. The van der Waals surface area contributed by atoms with Crippen LogP contribution in [-0.2, 0) is 9.59 Å². The fourth-order valence-corrected chi connectivity index (χ4v) is 3.55. The number of carboxylic acid groups (broad SMARTS) is 1. The van der Waals surface area contributed by atoms with E-state index in [1.807, 2.05) is 4.90 Å². The van der Waals surface area contributed by atoms with Crippen LogP contribution in [0.3, 0.4) is 0 Å². The van der Waals surface area contributed by atoms with E-state index in [9.17, 15) is 9.59 Å². The summed E-state index contributed by atoms with van der Waals surface area (Å²) in [6.07, 6.45) is 6.19. The van der Waals surface area contributed by atoms with Gasteiger partial charge in [0, 0.05) is 19.5 Å². The van der Waals surface area contributed by atoms with Crippen molar-refractivity contribution in [2.75, 3.05) is 19.6 Å². The summed E-state index contributed by atoms with van der Waals surface area (Å²) in [5.74, 6) is 0.677. The molecule has 2 saturated heterocycles. The molecular weight excluding hydrogens is 268 g/mol. The van der Waals surface area contributed by atoms with Gasteiger partial charge in [-0.05, 0) is 50.5 Å². The Morgan fingerprint density at radius 3 is 2.52 bits per heavy atom. The maximum Gasteiger partial charge on any atom is 0.303 e. The first-order chi connectivity index (χ1) is 10.1. The van der Waals surface area contributed by atoms with E-state index in [4.69, 9.17) is 5.11 Å². The molecule has 0 bridgehead atoms. The van der Waals surface area contributed by atoms with E-state index in [0.717, 1.165) is 51.7 Å². The molecule has 2 fully saturated rings. The van der Waals surface area contributed by atoms with Crippen LogP contribution in [0.4, 0.5) is 0 Å². The van der Waals surface area contributed by atoms with E-state index < -0.39 is 5.97 Å². The van der Waals surface area contributed by atoms with Gasteiger partial charge in [-0.2, -0.15) is 0 Å². The number of rotatable bonds is 5. The third-order valence-electron chi connectivity index (χ3n) is 5.08. The quantitative estimate of drug-likeness (QED) is 0.812. The summed E-state index contributed by atoms with van der Waals surface area (Å²) in [6, 6.07) is -0.000676. The van der Waals surface area contributed by atoms with Gasteiger partial charge in [0.25, 0.3) is 0 Å². The monoisotopic (exact) mass is 296 g/mol. The third kappa shape index (κ3) is 4.70. The predicted molar refractivity (Wildman–Crippen MR) is 81.0 cm³/mol. The van der Waals surface area contributed by atoms with Crippen LogP contribution in [0.25, 0.3) is 0 Å². The first-order valence-electron chi connectivity index (χ1n) is 8.34. The Kier molecular flexibility index (Phi) is 6.03. The Bertz CT molecular complexity index is 365. The second kappa shape index (κ2) is 7.78. The standard InChI is InChI=1S/C16H28N2O3/c1-2-12-5-8-17-14(11-12)16(21)18-9-6-13(7-10-18)3-4-15(19)20/h12-14,17H,2-11H2,1H3,(H,19,20). The lowest BCUT2D eigenvalue weighted by atomic mass is 9.88. The van der Waals surface area contributed by atoms with Crippen molar-refractivity contribution in [2.24, 2.45) is 11.8 Å². The molecule has 2 rings (SSSR count). The Morgan fingerprint density at radius 2 is 1.90 bits per heavy atom. The number of carbonyl (C=O) groups excluding carboxylic acids is 1. The normalized spacial score (nSPS) is 27.6. The number of aliphatic carboxylic acids is 1. The second-order valence-electron chi connectivity index (χ2n) is 6.51. The summed E-state index contributed by atoms with van der Waals surface area (Å²) in [4.78, 5) is 25.1. The molecule has 5 heteroatoms. The van der Waals surface area contributed by atoms with Gasteiger partial charge in [-0.25, -0.2) is 0 Å². The highest BCUT2D eigenvalue weighted by atomic mass is 16.4. The summed E-state index contributed by atoms with van der Waals surface area (Å²) in [6.45, 7) is 4.73. The van der Waals surface area contributed by atoms with Crippen molar-refractivity contribution < 1.29 is 14.7 Å². The summed E-state index contributed by atoms with van der Waals surface area (Å²) >= 11 is 0. The molecule has 0 aromatic heterocycles. The van der Waals surface area contributed by atoms with Crippen molar-refractivity contribution in [1.29, 1.82) is 0 Å². The molecule has 2 N–H and O–H groups in total. The van der Waals surface area contributed by atoms with E-state index in [1.54, 1.807) is 0 Å². The minimum absolute atomic E-state index is 0.000676. The molecule has 0 saturated carbocycles. The molecule has 0 aromatic rings. The van der Waals surface area contributed by atoms with Gasteiger partial charge >= 0.3 is 5.97 Å². The molecule has 1 amide bonds. The van der Waals surface area contributed by atoms with Crippen LogP contribution < -0.4 is 5.32 Å². The molecule has 2 aliphatic heterocycles. The van der Waals surface area contributed by atoms with Crippen molar-refractivity contribution in [3.63, 3.8) is 0 Å². The summed E-state index contributed by atoms with van der Waals surface area (Å²) in [5.41, 5.74) is 0. The third-order valence-corrected chi connectivity index (χ3v) is 5.08. The lowest BCUT2D eigenvalue weighted by Crippen LogP contribution is -2.52. The van der Waals surface area contributed by atoms with Gasteiger partial charge in [0.15, 0.2) is 0 Å². The minimum atomic E-state index is -0.717. The highest BCUT2D eigenvalue weighted by Gasteiger charge is 2.31. The van der Waals surface area contributed by atoms with Crippen LogP contribution in [0.1, 0.15) is 51.9 Å². The largest absolute Gasteiger partial charge is 0.481 e. The Labute approximate surface area is 127 Å². The van der Waals surface area contributed by atoms with Crippen molar-refractivity contribution in [1.82, 2.24) is 10.2 Å². The predicted octanol–water partition coefficient (Wildman–Crippen LogP) is 1.87. The number of hydrogen-bond donors (Lipinski definition) is 2. The molecule has 21 heavy (non-hydrogen) atoms. The van der Waals surface area contributed by atoms with Gasteiger partial charge in [0.2, 0.25) is 5.91 Å². The van der Waals surface area contributed by atoms with Crippen molar-refractivity contribution >= 4 is 11.9 Å². The van der Waals surface area contributed by atoms with E-state index in [-0.39, 0.29) is 18.4 Å². The van der Waals surface area contributed by atoms with Crippen molar-refractivity contribution in [3.05, 3.63) is 0 Å². The molecule has 5 nitrogen and oxygen atoms in total. The average molecular weight is 296 g/mol. The van der Waals surface area contributed by atoms with Gasteiger partial charge in [-0.15, -0.1) is 0 Å². The molecule has 0 aromatic carbocycles. The smallest absolute Gasteiger partial charge is 0.303 e. The van der Waals surface area contributed by atoms with Gasteiger partial charge in [0.05, 0.1) is 6.04 Å². The molecule has 2 heterocycles. The van der Waals surface area contributed by atoms with Gasteiger partial charge in [-0.1, -0.05) is 13.3 Å². The summed E-state index contributed by atoms with van der Waals surface area (Å²) in [7, 11) is 0. The van der Waals surface area contributed by atoms with E-state index in [0.29, 0.717) is 11.8 Å². The number of carboxylic acids is 1. The zero-order valence-electron chi connectivity index (χ0n) is 13.0. The number of nitrogens with zero attached hydrogens (tertiary/aromatic N) is 1. The summed E-state index contributed by atoms with van der Waals surface area (Å²) < 4.78 is 0. The fraction of sp³-hybridized carbons (Fsp3) is 0.875. The van der Waals surface area contributed by atoms with Crippen LogP contribution >= 0.6 is 0 Å². The zero-order chi connectivity index (χ0) is 15.2. The number of piperidine rings is 2. The number of carbonyl (C=O) groups is 2. The SMILES string of the molecule is CCC1CCNC(C(=O)N2CCC(CCC(=O)O)CC2)C1. The maximum atomic E-state index is 12.6. The Hall–Kier alpha value is -1.10. The molecular formula is C16H28N2O3. The van der Waals surface area contributed by atoms with Crippen LogP contribution in [0.5, 0.6) is 0 Å². The van der Waals surface area contributed by atoms with Crippen LogP contribution in [0.2, 0.25) is 0 Å².